The zero-order chi connectivity index (χ0) is 23.9. The number of hydrogen-bond donors (Lipinski definition) is 2. The number of ether oxygens (including phenoxy) is 1. The van der Waals surface area contributed by atoms with E-state index in [9.17, 15) is 18.4 Å². The molecule has 7 nitrogen and oxygen atoms in total. The second kappa shape index (κ2) is 8.78. The van der Waals surface area contributed by atoms with E-state index in [0.717, 1.165) is 43.6 Å². The van der Waals surface area contributed by atoms with Crippen LogP contribution in [0.3, 0.4) is 0 Å². The molecule has 4 rings (SSSR count). The number of anilines is 1. The third-order valence-electron chi connectivity index (χ3n) is 6.25. The maximum absolute atomic E-state index is 13.6. The first-order chi connectivity index (χ1) is 15.5. The number of hydrogen-bond acceptors (Lipinski definition) is 5. The highest BCUT2D eigenvalue weighted by Gasteiger charge is 2.43. The van der Waals surface area contributed by atoms with Crippen LogP contribution < -0.4 is 20.7 Å². The number of benzene rings is 1. The molecule has 1 aromatic heterocycles. The first kappa shape index (κ1) is 23.2. The minimum atomic E-state index is -1.35. The molecule has 176 valence electrons. The van der Waals surface area contributed by atoms with E-state index in [4.69, 9.17) is 22.1 Å². The van der Waals surface area contributed by atoms with Crippen LogP contribution in [0, 0.1) is 11.6 Å². The van der Waals surface area contributed by atoms with Crippen LogP contribution in [0.15, 0.2) is 30.5 Å². The number of aromatic nitrogens is 1. The molecule has 2 aliphatic rings. The van der Waals surface area contributed by atoms with Crippen molar-refractivity contribution in [2.75, 3.05) is 4.90 Å². The van der Waals surface area contributed by atoms with Crippen molar-refractivity contribution in [1.82, 2.24) is 10.3 Å². The summed E-state index contributed by atoms with van der Waals surface area (Å²) >= 11 is 5.95. The summed E-state index contributed by atoms with van der Waals surface area (Å²) in [6, 6.07) is 5.45. The van der Waals surface area contributed by atoms with Gasteiger partial charge in [-0.25, -0.2) is 13.8 Å². The number of halogens is 3. The number of nitrogens with one attached hydrogen (secondary N) is 1. The molecule has 2 aliphatic heterocycles. The van der Waals surface area contributed by atoms with Crippen molar-refractivity contribution >= 4 is 29.2 Å². The van der Waals surface area contributed by atoms with Gasteiger partial charge in [0.1, 0.15) is 11.6 Å². The first-order valence-corrected chi connectivity index (χ1v) is 11.1. The summed E-state index contributed by atoms with van der Waals surface area (Å²) in [5.74, 6) is -2.40. The van der Waals surface area contributed by atoms with Crippen molar-refractivity contribution in [2.45, 2.75) is 63.3 Å². The minimum Gasteiger partial charge on any atom is -0.476 e. The molecular weight excluding hydrogens is 454 g/mol. The Bertz CT molecular complexity index is 1070. The number of pyridine rings is 1. The lowest BCUT2D eigenvalue weighted by molar-refractivity contribution is -0.135. The number of carbonyl (C=O) groups is 2. The minimum absolute atomic E-state index is 0.0700. The van der Waals surface area contributed by atoms with Crippen molar-refractivity contribution in [3.05, 3.63) is 52.7 Å². The van der Waals surface area contributed by atoms with Crippen LogP contribution in [0.4, 0.5) is 14.6 Å². The Morgan fingerprint density at radius 3 is 2.39 bits per heavy atom. The van der Waals surface area contributed by atoms with Crippen molar-refractivity contribution in [2.24, 2.45) is 5.73 Å². The van der Waals surface area contributed by atoms with Crippen molar-refractivity contribution in [3.8, 4) is 5.75 Å². The largest absolute Gasteiger partial charge is 0.476 e. The standard InChI is InChI=1S/C23H25ClF2N4O3/c1-23(2,33-19-10-18(26)17(25)9-16(19)24)22(32)29-13-7-14-4-5-15(8-13)30(14)20-6-3-12(11-28-20)21(27)31/h3,6,9-11,13-15H,4-5,7-8H2,1-2H3,(H2,27,31)(H,29,32)/t13-,14+,15-. The van der Waals surface area contributed by atoms with E-state index >= 15 is 0 Å². The summed E-state index contributed by atoms with van der Waals surface area (Å²) in [5, 5.41) is 2.92. The molecule has 2 amide bonds. The third-order valence-corrected chi connectivity index (χ3v) is 6.55. The highest BCUT2D eigenvalue weighted by molar-refractivity contribution is 6.32. The van der Waals surface area contributed by atoms with Crippen molar-refractivity contribution in [3.63, 3.8) is 0 Å². The van der Waals surface area contributed by atoms with Crippen molar-refractivity contribution < 1.29 is 23.1 Å². The summed E-state index contributed by atoms with van der Waals surface area (Å²) in [6.45, 7) is 3.10. The number of rotatable bonds is 6. The molecular formula is C23H25ClF2N4O3. The van der Waals surface area contributed by atoms with Crippen LogP contribution in [-0.2, 0) is 4.79 Å². The second-order valence-corrected chi connectivity index (χ2v) is 9.42. The van der Waals surface area contributed by atoms with Crippen LogP contribution in [-0.4, -0.2) is 40.5 Å². The van der Waals surface area contributed by atoms with Gasteiger partial charge in [-0.15, -0.1) is 0 Å². The lowest BCUT2D eigenvalue weighted by Crippen LogP contribution is -2.55. The Balaban J connectivity index is 1.41. The molecule has 0 saturated carbocycles. The Morgan fingerprint density at radius 1 is 1.18 bits per heavy atom. The fourth-order valence-electron chi connectivity index (χ4n) is 4.62. The normalized spacial score (nSPS) is 22.2. The SMILES string of the molecule is CC(C)(Oc1cc(F)c(F)cc1Cl)C(=O)N[C@H]1C[C@H]2CC[C@@H](C1)N2c1ccc(C(N)=O)cn1. The van der Waals surface area contributed by atoms with Crippen LogP contribution in [0.2, 0.25) is 5.02 Å². The number of primary amides is 1. The molecule has 0 aliphatic carbocycles. The average molecular weight is 479 g/mol. The summed E-state index contributed by atoms with van der Waals surface area (Å²) in [4.78, 5) is 30.9. The number of amides is 2. The van der Waals surface area contributed by atoms with Gasteiger partial charge in [0.2, 0.25) is 5.91 Å². The van der Waals surface area contributed by atoms with Gasteiger partial charge >= 0.3 is 0 Å². The number of nitrogens with zero attached hydrogens (tertiary/aromatic N) is 2. The van der Waals surface area contributed by atoms with Crippen LogP contribution in [0.1, 0.15) is 49.9 Å². The third kappa shape index (κ3) is 4.73. The van der Waals surface area contributed by atoms with Gasteiger partial charge in [-0.1, -0.05) is 11.6 Å². The van der Waals surface area contributed by atoms with Gasteiger partial charge in [0, 0.05) is 30.4 Å². The summed E-state index contributed by atoms with van der Waals surface area (Å²) < 4.78 is 32.6. The molecule has 0 unspecified atom stereocenters. The van der Waals surface area contributed by atoms with Gasteiger partial charge in [0.05, 0.1) is 10.6 Å². The molecule has 3 atom stereocenters. The Hall–Kier alpha value is -2.94. The lowest BCUT2D eigenvalue weighted by atomic mass is 9.96. The quantitative estimate of drug-likeness (QED) is 0.618. The molecule has 3 N–H and O–H groups in total. The fraction of sp³-hybridized carbons (Fsp3) is 0.435. The zero-order valence-electron chi connectivity index (χ0n) is 18.3. The number of nitrogens with two attached hydrogens (primary N) is 1. The topological polar surface area (TPSA) is 97.5 Å². The first-order valence-electron chi connectivity index (χ1n) is 10.7. The molecule has 1 aromatic carbocycles. The predicted molar refractivity (Wildman–Crippen MR) is 119 cm³/mol. The maximum atomic E-state index is 13.6. The van der Waals surface area contributed by atoms with Crippen LogP contribution in [0.5, 0.6) is 5.75 Å². The molecule has 0 spiro atoms. The zero-order valence-corrected chi connectivity index (χ0v) is 19.0. The van der Waals surface area contributed by atoms with Gasteiger partial charge in [-0.3, -0.25) is 9.59 Å². The molecule has 2 saturated heterocycles. The second-order valence-electron chi connectivity index (χ2n) is 9.01. The summed E-state index contributed by atoms with van der Waals surface area (Å²) in [7, 11) is 0. The van der Waals surface area contributed by atoms with Crippen LogP contribution in [0.25, 0.3) is 0 Å². The molecule has 3 heterocycles. The Kier molecular flexibility index (Phi) is 6.18. The molecule has 10 heteroatoms. The molecule has 2 bridgehead atoms. The van der Waals surface area contributed by atoms with Crippen molar-refractivity contribution in [1.29, 1.82) is 0 Å². The number of piperidine rings is 1. The molecule has 33 heavy (non-hydrogen) atoms. The highest BCUT2D eigenvalue weighted by Crippen LogP contribution is 2.39. The van der Waals surface area contributed by atoms with Crippen LogP contribution >= 0.6 is 11.6 Å². The van der Waals surface area contributed by atoms with E-state index in [1.807, 2.05) is 0 Å². The lowest BCUT2D eigenvalue weighted by Gasteiger charge is -2.40. The summed E-state index contributed by atoms with van der Waals surface area (Å²) in [5.41, 5.74) is 4.30. The van der Waals surface area contributed by atoms with E-state index < -0.39 is 23.1 Å². The maximum Gasteiger partial charge on any atom is 0.263 e. The van der Waals surface area contributed by atoms with Gasteiger partial charge in [-0.05, 0) is 57.7 Å². The molecule has 0 radical (unpaired) electrons. The van der Waals surface area contributed by atoms with E-state index in [1.54, 1.807) is 26.0 Å². The van der Waals surface area contributed by atoms with E-state index in [-0.39, 0.29) is 34.8 Å². The monoisotopic (exact) mass is 478 g/mol. The summed E-state index contributed by atoms with van der Waals surface area (Å²) in [6.07, 6.45) is 4.88. The van der Waals surface area contributed by atoms with E-state index in [0.29, 0.717) is 5.56 Å². The van der Waals surface area contributed by atoms with Gasteiger partial charge in [0.25, 0.3) is 5.91 Å². The molecule has 2 aromatic rings. The van der Waals surface area contributed by atoms with Gasteiger partial charge in [-0.2, -0.15) is 0 Å². The number of carbonyl (C=O) groups excluding carboxylic acids is 2. The highest BCUT2D eigenvalue weighted by atomic mass is 35.5. The van der Waals surface area contributed by atoms with Gasteiger partial charge in [0.15, 0.2) is 17.2 Å². The smallest absolute Gasteiger partial charge is 0.263 e. The molecule has 2 fully saturated rings. The Morgan fingerprint density at radius 2 is 1.82 bits per heavy atom. The fourth-order valence-corrected chi connectivity index (χ4v) is 4.81. The average Bonchev–Trinajstić information content (AvgIpc) is 3.02. The van der Waals surface area contributed by atoms with Gasteiger partial charge < -0.3 is 20.7 Å². The predicted octanol–water partition coefficient (Wildman–Crippen LogP) is 3.59. The Labute approximate surface area is 195 Å². The number of fused-ring (bicyclic) bond motifs is 2. The van der Waals surface area contributed by atoms with E-state index in [1.165, 1.54) is 6.20 Å². The van der Waals surface area contributed by atoms with E-state index in [2.05, 4.69) is 15.2 Å².